The number of hydrogen-bond donors (Lipinski definition) is 2. The second-order valence-corrected chi connectivity index (χ2v) is 9.03. The number of hydrogen-bond acceptors (Lipinski definition) is 10. The summed E-state index contributed by atoms with van der Waals surface area (Å²) in [6, 6.07) is 13.5. The molecular weight excluding hydrogens is 496 g/mol. The number of thiazole rings is 1. The third kappa shape index (κ3) is 5.07. The lowest BCUT2D eigenvalue weighted by atomic mass is 9.79. The molecule has 10 nitrogen and oxygen atoms in total. The zero-order valence-electron chi connectivity index (χ0n) is 20.5. The molecule has 0 saturated heterocycles. The summed E-state index contributed by atoms with van der Waals surface area (Å²) in [5.74, 6) is -1.87. The van der Waals surface area contributed by atoms with Crippen molar-refractivity contribution in [1.29, 1.82) is 0 Å². The smallest absolute Gasteiger partial charge is 0.336 e. The van der Waals surface area contributed by atoms with Crippen molar-refractivity contribution < 1.29 is 24.0 Å². The lowest BCUT2D eigenvalue weighted by Crippen LogP contribution is -2.32. The van der Waals surface area contributed by atoms with Crippen molar-refractivity contribution in [2.75, 3.05) is 19.5 Å². The van der Waals surface area contributed by atoms with Gasteiger partial charge in [0.1, 0.15) is 0 Å². The molecule has 37 heavy (non-hydrogen) atoms. The maximum Gasteiger partial charge on any atom is 0.336 e. The fourth-order valence-electron chi connectivity index (χ4n) is 4.26. The van der Waals surface area contributed by atoms with Crippen LogP contribution in [0.2, 0.25) is 0 Å². The van der Waals surface area contributed by atoms with Gasteiger partial charge in [-0.2, -0.15) is 0 Å². The summed E-state index contributed by atoms with van der Waals surface area (Å²) in [7, 11) is 2.59. The number of ether oxygens (including phenoxy) is 2. The number of esters is 2. The second kappa shape index (κ2) is 10.6. The van der Waals surface area contributed by atoms with Gasteiger partial charge >= 0.3 is 11.9 Å². The van der Waals surface area contributed by atoms with Gasteiger partial charge in [0.05, 0.1) is 41.9 Å². The number of nitro benzene ring substituents is 1. The minimum absolute atomic E-state index is 0.00254. The zero-order valence-corrected chi connectivity index (χ0v) is 21.3. The topological polar surface area (TPSA) is 133 Å². The van der Waals surface area contributed by atoms with Crippen molar-refractivity contribution >= 4 is 39.8 Å². The molecule has 0 atom stereocenters. The molecule has 1 aliphatic rings. The molecule has 0 unspecified atom stereocenters. The number of para-hydroxylation sites is 1. The minimum atomic E-state index is -0.751. The molecule has 0 amide bonds. The highest BCUT2D eigenvalue weighted by Crippen LogP contribution is 2.43. The van der Waals surface area contributed by atoms with E-state index in [0.29, 0.717) is 44.6 Å². The molecule has 190 valence electrons. The molecule has 0 fully saturated rings. The number of carbonyl (C=O) groups excluding carboxylic acids is 2. The number of nitro groups is 1. The van der Waals surface area contributed by atoms with Crippen molar-refractivity contribution in [2.45, 2.75) is 19.8 Å². The molecule has 11 heteroatoms. The fourth-order valence-corrected chi connectivity index (χ4v) is 4.99. The summed E-state index contributed by atoms with van der Waals surface area (Å²) in [6.07, 6.45) is 0. The molecule has 1 aliphatic heterocycles. The second-order valence-electron chi connectivity index (χ2n) is 8.17. The summed E-state index contributed by atoms with van der Waals surface area (Å²) >= 11 is 1.35. The number of aromatic nitrogens is 1. The van der Waals surface area contributed by atoms with E-state index in [1.165, 1.54) is 37.7 Å². The molecule has 3 aromatic rings. The van der Waals surface area contributed by atoms with Crippen LogP contribution in [0.25, 0.3) is 11.3 Å². The number of methoxy groups -OCH3 is 2. The highest BCUT2D eigenvalue weighted by Gasteiger charge is 2.38. The molecule has 0 saturated carbocycles. The Kier molecular flexibility index (Phi) is 7.35. The molecular formula is C26H24N4O6S. The predicted molar refractivity (Wildman–Crippen MR) is 139 cm³/mol. The van der Waals surface area contributed by atoms with Crippen LogP contribution >= 0.6 is 11.3 Å². The Morgan fingerprint density at radius 1 is 1.00 bits per heavy atom. The molecule has 4 rings (SSSR count). The van der Waals surface area contributed by atoms with Crippen LogP contribution < -0.4 is 10.6 Å². The highest BCUT2D eigenvalue weighted by atomic mass is 32.1. The third-order valence-corrected chi connectivity index (χ3v) is 6.72. The average Bonchev–Trinajstić information content (AvgIpc) is 3.36. The first-order chi connectivity index (χ1) is 17.7. The first kappa shape index (κ1) is 25.6. The molecule has 1 aromatic heterocycles. The summed E-state index contributed by atoms with van der Waals surface area (Å²) in [6.45, 7) is 3.51. The van der Waals surface area contributed by atoms with Crippen molar-refractivity contribution in [2.24, 2.45) is 0 Å². The summed E-state index contributed by atoms with van der Waals surface area (Å²) in [5, 5.41) is 19.7. The molecule has 0 spiro atoms. The Bertz CT molecular complexity index is 1400. The largest absolute Gasteiger partial charge is 0.466 e. The van der Waals surface area contributed by atoms with Crippen LogP contribution in [-0.4, -0.2) is 36.1 Å². The number of benzene rings is 2. The number of rotatable bonds is 7. The molecule has 2 aromatic carbocycles. The van der Waals surface area contributed by atoms with Crippen molar-refractivity contribution in [3.8, 4) is 11.3 Å². The van der Waals surface area contributed by atoms with Crippen LogP contribution in [-0.2, 0) is 19.1 Å². The van der Waals surface area contributed by atoms with E-state index in [9.17, 15) is 19.7 Å². The van der Waals surface area contributed by atoms with Gasteiger partial charge in [-0.1, -0.05) is 18.2 Å². The maximum atomic E-state index is 12.9. The van der Waals surface area contributed by atoms with Gasteiger partial charge in [-0.25, -0.2) is 14.6 Å². The number of dihydropyridines is 1. The van der Waals surface area contributed by atoms with E-state index in [1.54, 1.807) is 26.0 Å². The Hall–Kier alpha value is -4.51. The van der Waals surface area contributed by atoms with Gasteiger partial charge in [-0.15, -0.1) is 11.3 Å². The molecule has 0 radical (unpaired) electrons. The maximum absolute atomic E-state index is 12.9. The summed E-state index contributed by atoms with van der Waals surface area (Å²) < 4.78 is 10.1. The Balaban J connectivity index is 1.74. The van der Waals surface area contributed by atoms with Crippen molar-refractivity contribution in [3.05, 3.63) is 92.1 Å². The van der Waals surface area contributed by atoms with E-state index >= 15 is 0 Å². The van der Waals surface area contributed by atoms with Crippen LogP contribution in [0.15, 0.2) is 76.5 Å². The SMILES string of the molecule is COC(=O)C1=C(C)NC(C)=C(C(=O)OC)C1c1ccccc1Nc1nc(-c2ccc([N+](=O)[O-])cc2)cs1. The fraction of sp³-hybridized carbons (Fsp3) is 0.192. The number of allylic oxidation sites excluding steroid dienone is 2. The van der Waals surface area contributed by atoms with Crippen LogP contribution in [0.1, 0.15) is 25.3 Å². The van der Waals surface area contributed by atoms with Gasteiger partial charge in [0, 0.05) is 40.2 Å². The lowest BCUT2D eigenvalue weighted by molar-refractivity contribution is -0.384. The van der Waals surface area contributed by atoms with Crippen molar-refractivity contribution in [1.82, 2.24) is 10.3 Å². The Morgan fingerprint density at radius 3 is 2.16 bits per heavy atom. The third-order valence-electron chi connectivity index (χ3n) is 5.96. The number of carbonyl (C=O) groups is 2. The predicted octanol–water partition coefficient (Wildman–Crippen LogP) is 5.04. The van der Waals surface area contributed by atoms with Gasteiger partial charge in [-0.3, -0.25) is 10.1 Å². The van der Waals surface area contributed by atoms with Crippen LogP contribution in [0.3, 0.4) is 0 Å². The highest BCUT2D eigenvalue weighted by molar-refractivity contribution is 7.14. The lowest BCUT2D eigenvalue weighted by Gasteiger charge is -2.31. The summed E-state index contributed by atoms with van der Waals surface area (Å²) in [4.78, 5) is 40.8. The monoisotopic (exact) mass is 520 g/mol. The summed E-state index contributed by atoms with van der Waals surface area (Å²) in [5.41, 5.74) is 4.44. The molecule has 2 heterocycles. The van der Waals surface area contributed by atoms with E-state index in [0.717, 1.165) is 5.56 Å². The first-order valence-corrected chi connectivity index (χ1v) is 12.0. The number of non-ortho nitro benzene ring substituents is 1. The van der Waals surface area contributed by atoms with Gasteiger partial charge in [-0.05, 0) is 37.6 Å². The van der Waals surface area contributed by atoms with Gasteiger partial charge < -0.3 is 20.1 Å². The normalized spacial score (nSPS) is 13.7. The average molecular weight is 521 g/mol. The van der Waals surface area contributed by atoms with E-state index in [1.807, 2.05) is 29.6 Å². The Labute approximate surface area is 216 Å². The molecule has 0 aliphatic carbocycles. The van der Waals surface area contributed by atoms with Gasteiger partial charge in [0.2, 0.25) is 0 Å². The molecule has 0 bridgehead atoms. The molecule has 2 N–H and O–H groups in total. The van der Waals surface area contributed by atoms with E-state index in [-0.39, 0.29) is 5.69 Å². The number of nitrogens with zero attached hydrogens (tertiary/aromatic N) is 2. The minimum Gasteiger partial charge on any atom is -0.466 e. The standard InChI is InChI=1S/C26H24N4O6S/c1-14-21(24(31)35-3)23(22(15(2)27-14)25(32)36-4)18-7-5-6-8-19(18)28-26-29-20(13-37-26)16-9-11-17(12-10-16)30(33)34/h5-13,23,27H,1-4H3,(H,28,29). The van der Waals surface area contributed by atoms with E-state index in [4.69, 9.17) is 9.47 Å². The van der Waals surface area contributed by atoms with Crippen molar-refractivity contribution in [3.63, 3.8) is 0 Å². The van der Waals surface area contributed by atoms with Gasteiger partial charge in [0.25, 0.3) is 5.69 Å². The number of anilines is 2. The first-order valence-electron chi connectivity index (χ1n) is 11.2. The Morgan fingerprint density at radius 2 is 1.59 bits per heavy atom. The van der Waals surface area contributed by atoms with E-state index in [2.05, 4.69) is 15.6 Å². The zero-order chi connectivity index (χ0) is 26.7. The van der Waals surface area contributed by atoms with Gasteiger partial charge in [0.15, 0.2) is 5.13 Å². The van der Waals surface area contributed by atoms with E-state index < -0.39 is 22.8 Å². The number of nitrogens with one attached hydrogen (secondary N) is 2. The van der Waals surface area contributed by atoms with Crippen LogP contribution in [0.4, 0.5) is 16.5 Å². The quantitative estimate of drug-likeness (QED) is 0.250. The van der Waals surface area contributed by atoms with Crippen LogP contribution in [0, 0.1) is 10.1 Å². The van der Waals surface area contributed by atoms with Crippen LogP contribution in [0.5, 0.6) is 0 Å².